The van der Waals surface area contributed by atoms with Gasteiger partial charge in [0, 0.05) is 18.1 Å². The van der Waals surface area contributed by atoms with Crippen molar-refractivity contribution in [3.05, 3.63) is 30.0 Å². The predicted molar refractivity (Wildman–Crippen MR) is 81.0 cm³/mol. The molecule has 1 N–H and O–H groups in total. The van der Waals surface area contributed by atoms with Gasteiger partial charge in [-0.2, -0.15) is 5.26 Å². The van der Waals surface area contributed by atoms with Crippen molar-refractivity contribution in [2.75, 3.05) is 18.5 Å². The van der Waals surface area contributed by atoms with Crippen LogP contribution in [-0.4, -0.2) is 18.1 Å². The van der Waals surface area contributed by atoms with E-state index in [0.717, 1.165) is 41.7 Å². The van der Waals surface area contributed by atoms with Crippen LogP contribution in [0.2, 0.25) is 0 Å². The van der Waals surface area contributed by atoms with E-state index in [1.165, 1.54) is 0 Å². The quantitative estimate of drug-likeness (QED) is 0.868. The van der Waals surface area contributed by atoms with Crippen molar-refractivity contribution in [1.29, 1.82) is 5.26 Å². The van der Waals surface area contributed by atoms with Gasteiger partial charge in [-0.1, -0.05) is 13.8 Å². The molecule has 0 radical (unpaired) electrons. The third-order valence-electron chi connectivity index (χ3n) is 2.98. The third kappa shape index (κ3) is 3.00. The highest BCUT2D eigenvalue weighted by molar-refractivity contribution is 5.94. The zero-order chi connectivity index (χ0) is 14.4. The van der Waals surface area contributed by atoms with Gasteiger partial charge in [0.2, 0.25) is 0 Å². The zero-order valence-electron chi connectivity index (χ0n) is 11.9. The average molecular weight is 269 g/mol. The molecule has 0 spiro atoms. The highest BCUT2D eigenvalue weighted by Gasteiger charge is 2.09. The monoisotopic (exact) mass is 269 g/mol. The number of fused-ring (bicyclic) bond motifs is 1. The lowest BCUT2D eigenvalue weighted by Gasteiger charge is -2.12. The highest BCUT2D eigenvalue weighted by atomic mass is 16.5. The largest absolute Gasteiger partial charge is 0.494 e. The van der Waals surface area contributed by atoms with E-state index in [2.05, 4.69) is 30.2 Å². The number of benzene rings is 1. The molecule has 0 saturated heterocycles. The number of anilines is 1. The maximum atomic E-state index is 9.23. The average Bonchev–Trinajstić information content (AvgIpc) is 2.50. The summed E-state index contributed by atoms with van der Waals surface area (Å²) in [7, 11) is 0. The van der Waals surface area contributed by atoms with Crippen LogP contribution in [0, 0.1) is 11.3 Å². The normalized spacial score (nSPS) is 10.2. The Hall–Kier alpha value is -2.28. The molecule has 104 valence electrons. The van der Waals surface area contributed by atoms with Gasteiger partial charge in [-0.05, 0) is 31.0 Å². The molecule has 2 rings (SSSR count). The first kappa shape index (κ1) is 14.1. The lowest BCUT2D eigenvalue weighted by atomic mass is 10.1. The summed E-state index contributed by atoms with van der Waals surface area (Å²) >= 11 is 0. The molecule has 0 atom stereocenters. The number of ether oxygens (including phenoxy) is 1. The Bertz CT molecular complexity index is 631. The minimum atomic E-state index is 0.568. The summed E-state index contributed by atoms with van der Waals surface area (Å²) in [5, 5.41) is 13.5. The molecular formula is C16H19N3O. The van der Waals surface area contributed by atoms with Crippen molar-refractivity contribution in [3.63, 3.8) is 0 Å². The molecule has 4 heteroatoms. The summed E-state index contributed by atoms with van der Waals surface area (Å²) in [5.41, 5.74) is 2.28. The summed E-state index contributed by atoms with van der Waals surface area (Å²) in [6.45, 7) is 5.69. The van der Waals surface area contributed by atoms with Crippen LogP contribution in [0.1, 0.15) is 32.3 Å². The lowest BCUT2D eigenvalue weighted by molar-refractivity contribution is 0.318. The highest BCUT2D eigenvalue weighted by Crippen LogP contribution is 2.29. The first-order valence-electron chi connectivity index (χ1n) is 6.99. The van der Waals surface area contributed by atoms with E-state index >= 15 is 0 Å². The van der Waals surface area contributed by atoms with Gasteiger partial charge in [0.25, 0.3) is 0 Å². The molecule has 0 bridgehead atoms. The lowest BCUT2D eigenvalue weighted by Crippen LogP contribution is -2.03. The Morgan fingerprint density at radius 3 is 2.85 bits per heavy atom. The van der Waals surface area contributed by atoms with Gasteiger partial charge in [-0.15, -0.1) is 0 Å². The van der Waals surface area contributed by atoms with Crippen molar-refractivity contribution in [1.82, 2.24) is 4.98 Å². The number of hydrogen-bond acceptors (Lipinski definition) is 4. The summed E-state index contributed by atoms with van der Waals surface area (Å²) in [5.74, 6) is 0.816. The van der Waals surface area contributed by atoms with E-state index in [1.807, 2.05) is 18.2 Å². The molecule has 0 aliphatic carbocycles. The molecule has 4 nitrogen and oxygen atoms in total. The Morgan fingerprint density at radius 1 is 1.30 bits per heavy atom. The second-order valence-corrected chi connectivity index (χ2v) is 4.61. The molecule has 1 aromatic heterocycles. The van der Waals surface area contributed by atoms with E-state index in [4.69, 9.17) is 4.74 Å². The second kappa shape index (κ2) is 6.76. The van der Waals surface area contributed by atoms with Crippen LogP contribution in [0.15, 0.2) is 24.4 Å². The molecule has 20 heavy (non-hydrogen) atoms. The Balaban J connectivity index is 2.48. The van der Waals surface area contributed by atoms with E-state index in [1.54, 1.807) is 6.20 Å². The topological polar surface area (TPSA) is 57.9 Å². The number of aromatic nitrogens is 1. The molecule has 0 fully saturated rings. The van der Waals surface area contributed by atoms with Crippen LogP contribution in [0.3, 0.4) is 0 Å². The van der Waals surface area contributed by atoms with Gasteiger partial charge in [0.1, 0.15) is 11.8 Å². The van der Waals surface area contributed by atoms with Crippen molar-refractivity contribution >= 4 is 16.6 Å². The van der Waals surface area contributed by atoms with E-state index < -0.39 is 0 Å². The fourth-order valence-electron chi connectivity index (χ4n) is 2.01. The number of nitrogens with one attached hydrogen (secondary N) is 1. The summed E-state index contributed by atoms with van der Waals surface area (Å²) in [6.07, 6.45) is 3.59. The predicted octanol–water partition coefficient (Wildman–Crippen LogP) is 3.72. The summed E-state index contributed by atoms with van der Waals surface area (Å²) in [4.78, 5) is 4.32. The molecule has 0 aliphatic rings. The van der Waals surface area contributed by atoms with Crippen LogP contribution >= 0.6 is 0 Å². The first-order valence-corrected chi connectivity index (χ1v) is 6.99. The molecule has 2 aromatic rings. The van der Waals surface area contributed by atoms with Crippen LogP contribution < -0.4 is 10.1 Å². The summed E-state index contributed by atoms with van der Waals surface area (Å²) in [6, 6.07) is 8.00. The molecule has 0 unspecified atom stereocenters. The maximum Gasteiger partial charge on any atom is 0.120 e. The van der Waals surface area contributed by atoms with Crippen molar-refractivity contribution in [3.8, 4) is 11.8 Å². The molecule has 1 heterocycles. The van der Waals surface area contributed by atoms with E-state index in [-0.39, 0.29) is 0 Å². The minimum Gasteiger partial charge on any atom is -0.494 e. The molecule has 1 aromatic carbocycles. The van der Waals surface area contributed by atoms with E-state index in [0.29, 0.717) is 12.2 Å². The summed E-state index contributed by atoms with van der Waals surface area (Å²) < 4.78 is 5.66. The Labute approximate surface area is 119 Å². The second-order valence-electron chi connectivity index (χ2n) is 4.61. The van der Waals surface area contributed by atoms with Crippen molar-refractivity contribution in [2.45, 2.75) is 26.7 Å². The van der Waals surface area contributed by atoms with Crippen LogP contribution in [0.25, 0.3) is 10.9 Å². The zero-order valence-corrected chi connectivity index (χ0v) is 11.9. The van der Waals surface area contributed by atoms with Crippen molar-refractivity contribution < 1.29 is 4.74 Å². The SMILES string of the molecule is CCCNc1c(C#N)cnc2ccc(OCCC)cc12. The van der Waals surface area contributed by atoms with Gasteiger partial charge in [-0.25, -0.2) is 0 Å². The number of nitriles is 1. The standard InChI is InChI=1S/C16H19N3O/c1-3-7-18-16-12(10-17)11-19-15-6-5-13(9-14(15)16)20-8-4-2/h5-6,9,11H,3-4,7-8H2,1-2H3,(H,18,19). The number of pyridine rings is 1. The Kier molecular flexibility index (Phi) is 4.78. The van der Waals surface area contributed by atoms with Gasteiger partial charge in [-0.3, -0.25) is 4.98 Å². The van der Waals surface area contributed by atoms with Crippen LogP contribution in [-0.2, 0) is 0 Å². The molecule has 0 saturated carbocycles. The van der Waals surface area contributed by atoms with Gasteiger partial charge in [0.15, 0.2) is 0 Å². The van der Waals surface area contributed by atoms with Crippen LogP contribution in [0.4, 0.5) is 5.69 Å². The molecule has 0 aliphatic heterocycles. The van der Waals surface area contributed by atoms with Gasteiger partial charge < -0.3 is 10.1 Å². The first-order chi connectivity index (χ1) is 9.80. The Morgan fingerprint density at radius 2 is 2.15 bits per heavy atom. The van der Waals surface area contributed by atoms with Gasteiger partial charge >= 0.3 is 0 Å². The van der Waals surface area contributed by atoms with Crippen molar-refractivity contribution in [2.24, 2.45) is 0 Å². The molecular weight excluding hydrogens is 250 g/mol. The minimum absolute atomic E-state index is 0.568. The number of rotatable bonds is 6. The third-order valence-corrected chi connectivity index (χ3v) is 2.98. The number of nitrogens with zero attached hydrogens (tertiary/aromatic N) is 2. The maximum absolute atomic E-state index is 9.23. The van der Waals surface area contributed by atoms with E-state index in [9.17, 15) is 5.26 Å². The molecule has 0 amide bonds. The smallest absolute Gasteiger partial charge is 0.120 e. The van der Waals surface area contributed by atoms with Crippen LogP contribution in [0.5, 0.6) is 5.75 Å². The fourth-order valence-corrected chi connectivity index (χ4v) is 2.01. The number of hydrogen-bond donors (Lipinski definition) is 1. The van der Waals surface area contributed by atoms with Gasteiger partial charge in [0.05, 0.1) is 23.4 Å². The fraction of sp³-hybridized carbons (Fsp3) is 0.375.